The number of aryl methyl sites for hydroxylation is 1. The summed E-state index contributed by atoms with van der Waals surface area (Å²) in [5.74, 6) is 0.378. The van der Waals surface area contributed by atoms with Crippen LogP contribution in [0.5, 0.6) is 0 Å². The van der Waals surface area contributed by atoms with Crippen LogP contribution in [0.1, 0.15) is 36.4 Å². The van der Waals surface area contributed by atoms with Crippen molar-refractivity contribution < 1.29 is 8.42 Å². The van der Waals surface area contributed by atoms with Crippen LogP contribution < -0.4 is 4.72 Å². The van der Waals surface area contributed by atoms with E-state index in [9.17, 15) is 8.42 Å². The zero-order valence-electron chi connectivity index (χ0n) is 19.5. The predicted octanol–water partition coefficient (Wildman–Crippen LogP) is 4.38. The topological polar surface area (TPSA) is 67.2 Å². The molecule has 0 fully saturated rings. The number of aromatic nitrogens is 2. The fourth-order valence-corrected chi connectivity index (χ4v) is 5.38. The quantitative estimate of drug-likeness (QED) is 0.603. The van der Waals surface area contributed by atoms with E-state index in [-0.39, 0.29) is 4.90 Å². The Kier molecular flexibility index (Phi) is 6.14. The van der Waals surface area contributed by atoms with Gasteiger partial charge < -0.3 is 4.90 Å². The van der Waals surface area contributed by atoms with Gasteiger partial charge in [0.1, 0.15) is 0 Å². The lowest BCUT2D eigenvalue weighted by atomic mass is 9.95. The molecule has 2 aromatic carbocycles. The molecular weight excluding hydrogens is 420 g/mol. The molecule has 1 aliphatic heterocycles. The largest absolute Gasteiger partial charge is 0.302 e. The number of likely N-dealkylation sites (N-methyl/N-ethyl adjacent to an activating group) is 1. The van der Waals surface area contributed by atoms with E-state index in [0.29, 0.717) is 18.0 Å². The van der Waals surface area contributed by atoms with Gasteiger partial charge in [-0.2, -0.15) is 5.10 Å². The Bertz CT molecular complexity index is 1230. The molecule has 0 radical (unpaired) electrons. The van der Waals surface area contributed by atoms with Gasteiger partial charge in [-0.25, -0.2) is 8.42 Å². The molecule has 3 aromatic rings. The van der Waals surface area contributed by atoms with Gasteiger partial charge in [-0.1, -0.05) is 38.1 Å². The minimum Gasteiger partial charge on any atom is -0.302 e. The third kappa shape index (κ3) is 4.59. The van der Waals surface area contributed by atoms with E-state index in [1.54, 1.807) is 16.8 Å². The lowest BCUT2D eigenvalue weighted by molar-refractivity contribution is 0.313. The van der Waals surface area contributed by atoms with Crippen molar-refractivity contribution in [2.24, 2.45) is 13.0 Å². The zero-order valence-corrected chi connectivity index (χ0v) is 20.3. The summed E-state index contributed by atoms with van der Waals surface area (Å²) >= 11 is 0. The van der Waals surface area contributed by atoms with E-state index >= 15 is 0 Å². The Labute approximate surface area is 191 Å². The number of benzene rings is 2. The fraction of sp³-hybridized carbons (Fsp3) is 0.400. The lowest BCUT2D eigenvalue weighted by Crippen LogP contribution is -2.26. The molecule has 0 unspecified atom stereocenters. The van der Waals surface area contributed by atoms with Gasteiger partial charge in [0.15, 0.2) is 0 Å². The normalized spacial score (nSPS) is 14.6. The second-order valence-electron chi connectivity index (χ2n) is 9.23. The Morgan fingerprint density at radius 2 is 1.72 bits per heavy atom. The molecule has 1 aromatic heterocycles. The van der Waals surface area contributed by atoms with Gasteiger partial charge in [-0.05, 0) is 73.2 Å². The molecule has 0 spiro atoms. The van der Waals surface area contributed by atoms with Crippen LogP contribution in [0, 0.1) is 12.8 Å². The third-order valence-corrected chi connectivity index (χ3v) is 7.52. The summed E-state index contributed by atoms with van der Waals surface area (Å²) in [5, 5.41) is 4.51. The molecule has 0 aliphatic carbocycles. The van der Waals surface area contributed by atoms with Gasteiger partial charge in [0.25, 0.3) is 10.0 Å². The Hall–Kier alpha value is -2.64. The summed E-state index contributed by atoms with van der Waals surface area (Å²) in [5.41, 5.74) is 7.04. The average Bonchev–Trinajstić information content (AvgIpc) is 2.99. The van der Waals surface area contributed by atoms with Gasteiger partial charge in [0.2, 0.25) is 0 Å². The van der Waals surface area contributed by atoms with Crippen molar-refractivity contribution in [3.63, 3.8) is 0 Å². The molecule has 6 nitrogen and oxygen atoms in total. The molecule has 32 heavy (non-hydrogen) atoms. The predicted molar refractivity (Wildman–Crippen MR) is 129 cm³/mol. The Morgan fingerprint density at radius 3 is 2.41 bits per heavy atom. The van der Waals surface area contributed by atoms with E-state index < -0.39 is 10.0 Å². The van der Waals surface area contributed by atoms with Crippen LogP contribution in [0.15, 0.2) is 47.4 Å². The zero-order chi connectivity index (χ0) is 23.0. The maximum Gasteiger partial charge on any atom is 0.262 e. The highest BCUT2D eigenvalue weighted by Gasteiger charge is 2.22. The van der Waals surface area contributed by atoms with E-state index in [2.05, 4.69) is 53.8 Å². The van der Waals surface area contributed by atoms with Crippen LogP contribution in [-0.4, -0.2) is 36.7 Å². The van der Waals surface area contributed by atoms with Crippen LogP contribution in [0.3, 0.4) is 0 Å². The summed E-state index contributed by atoms with van der Waals surface area (Å²) in [4.78, 5) is 2.57. The molecule has 1 aliphatic rings. The van der Waals surface area contributed by atoms with Crippen LogP contribution >= 0.6 is 0 Å². The molecule has 4 rings (SSSR count). The first kappa shape index (κ1) is 22.6. The number of hydrogen-bond donors (Lipinski definition) is 1. The Balaban J connectivity index is 1.59. The molecule has 2 heterocycles. The Morgan fingerprint density at radius 1 is 1.03 bits per heavy atom. The molecule has 1 N–H and O–H groups in total. The van der Waals surface area contributed by atoms with Gasteiger partial charge >= 0.3 is 0 Å². The molecule has 0 amide bonds. The van der Waals surface area contributed by atoms with Crippen molar-refractivity contribution in [3.8, 4) is 11.1 Å². The molecule has 7 heteroatoms. The highest BCUT2D eigenvalue weighted by molar-refractivity contribution is 7.92. The van der Waals surface area contributed by atoms with Gasteiger partial charge in [0.05, 0.1) is 22.0 Å². The van der Waals surface area contributed by atoms with Crippen molar-refractivity contribution in [3.05, 3.63) is 65.0 Å². The third-order valence-electron chi connectivity index (χ3n) is 6.15. The molecule has 0 atom stereocenters. The number of sulfonamides is 1. The number of fused-ring (bicyclic) bond motifs is 1. The van der Waals surface area contributed by atoms with Crippen molar-refractivity contribution in [2.75, 3.05) is 18.3 Å². The van der Waals surface area contributed by atoms with Crippen LogP contribution in [-0.2, 0) is 36.5 Å². The maximum absolute atomic E-state index is 13.1. The van der Waals surface area contributed by atoms with Crippen molar-refractivity contribution in [2.45, 2.75) is 45.1 Å². The molecule has 0 bridgehead atoms. The smallest absolute Gasteiger partial charge is 0.262 e. The van der Waals surface area contributed by atoms with E-state index in [0.717, 1.165) is 42.0 Å². The lowest BCUT2D eigenvalue weighted by Gasteiger charge is -2.25. The first-order valence-electron chi connectivity index (χ1n) is 11.1. The summed E-state index contributed by atoms with van der Waals surface area (Å²) < 4.78 is 30.8. The SMILES string of the molecule is Cc1c(NS(=O)(=O)c2ccc(-c3ccc4c(c3)CN(C)CC4)cc2)c(CC(C)C)nn1C. The molecular formula is C25H32N4O2S. The monoisotopic (exact) mass is 452 g/mol. The van der Waals surface area contributed by atoms with Crippen LogP contribution in [0.2, 0.25) is 0 Å². The number of nitrogens with zero attached hydrogens (tertiary/aromatic N) is 3. The van der Waals surface area contributed by atoms with Crippen molar-refractivity contribution in [1.29, 1.82) is 0 Å². The first-order valence-corrected chi connectivity index (χ1v) is 12.6. The standard InChI is InChI=1S/C25H32N4O2S/c1-17(2)14-24-25(18(3)29(5)26-24)27-32(30,31)23-10-8-19(9-11-23)21-7-6-20-12-13-28(4)16-22(20)15-21/h6-11,15,17,27H,12-14,16H2,1-5H3. The maximum atomic E-state index is 13.1. The van der Waals surface area contributed by atoms with E-state index in [4.69, 9.17) is 0 Å². The minimum absolute atomic E-state index is 0.248. The van der Waals surface area contributed by atoms with E-state index in [1.165, 1.54) is 11.1 Å². The van der Waals surface area contributed by atoms with Crippen LogP contribution in [0.25, 0.3) is 11.1 Å². The minimum atomic E-state index is -3.71. The van der Waals surface area contributed by atoms with Crippen molar-refractivity contribution in [1.82, 2.24) is 14.7 Å². The number of nitrogens with one attached hydrogen (secondary N) is 1. The average molecular weight is 453 g/mol. The highest BCUT2D eigenvalue weighted by Crippen LogP contribution is 2.29. The second kappa shape index (κ2) is 8.71. The van der Waals surface area contributed by atoms with Gasteiger partial charge in [-0.15, -0.1) is 0 Å². The molecule has 0 saturated heterocycles. The summed E-state index contributed by atoms with van der Waals surface area (Å²) in [7, 11) is 0.262. The number of anilines is 1. The highest BCUT2D eigenvalue weighted by atomic mass is 32.2. The molecule has 0 saturated carbocycles. The number of rotatable bonds is 6. The van der Waals surface area contributed by atoms with Gasteiger partial charge in [-0.3, -0.25) is 9.40 Å². The van der Waals surface area contributed by atoms with Gasteiger partial charge in [0, 0.05) is 20.1 Å². The van der Waals surface area contributed by atoms with E-state index in [1.807, 2.05) is 26.1 Å². The molecule has 170 valence electrons. The number of hydrogen-bond acceptors (Lipinski definition) is 4. The summed E-state index contributed by atoms with van der Waals surface area (Å²) in [6.45, 7) is 8.11. The van der Waals surface area contributed by atoms with Crippen molar-refractivity contribution >= 4 is 15.7 Å². The summed E-state index contributed by atoms with van der Waals surface area (Å²) in [6, 6.07) is 13.7. The van der Waals surface area contributed by atoms with Crippen LogP contribution in [0.4, 0.5) is 5.69 Å². The second-order valence-corrected chi connectivity index (χ2v) is 10.9. The summed E-state index contributed by atoms with van der Waals surface area (Å²) in [6.07, 6.45) is 1.79. The first-order chi connectivity index (χ1) is 15.1. The fourth-order valence-electron chi connectivity index (χ4n) is 4.24.